The molecule has 6 heteroatoms. The molecule has 1 aromatic rings. The predicted octanol–water partition coefficient (Wildman–Crippen LogP) is 4.02. The zero-order valence-electron chi connectivity index (χ0n) is 13.2. The number of benzene rings is 1. The molecule has 1 heterocycles. The molecule has 0 bridgehead atoms. The standard InChI is InChI=1S/C18H15F3NO.Y/c1-4-9-23-14-6-7-15(16(19)10-14)17-8-5-12(2)13(3)22(17)11-18(20)21;/h1,5-7,10,18H,3,9,11H2,2H3;/q-1;. The van der Waals surface area contributed by atoms with Gasteiger partial charge in [0.15, 0.2) is 0 Å². The second kappa shape index (κ2) is 9.10. The Balaban J connectivity index is 0.00000288. The molecule has 0 atom stereocenters. The number of rotatable bonds is 5. The van der Waals surface area contributed by atoms with E-state index in [1.165, 1.54) is 17.0 Å². The summed E-state index contributed by atoms with van der Waals surface area (Å²) >= 11 is 0. The minimum absolute atomic E-state index is 0. The van der Waals surface area contributed by atoms with Crippen LogP contribution in [0.4, 0.5) is 13.2 Å². The van der Waals surface area contributed by atoms with E-state index in [9.17, 15) is 13.2 Å². The first kappa shape index (κ1) is 20.5. The van der Waals surface area contributed by atoms with E-state index in [1.807, 2.05) is 0 Å². The fourth-order valence-corrected chi connectivity index (χ4v) is 2.15. The van der Waals surface area contributed by atoms with Crippen molar-refractivity contribution in [1.82, 2.24) is 4.90 Å². The Kier molecular flexibility index (Phi) is 7.79. The molecule has 0 fully saturated rings. The van der Waals surface area contributed by atoms with Crippen LogP contribution >= 0.6 is 0 Å². The van der Waals surface area contributed by atoms with E-state index in [4.69, 9.17) is 11.2 Å². The molecule has 0 amide bonds. The summed E-state index contributed by atoms with van der Waals surface area (Å²) in [6, 6.07) is 4.14. The molecular weight excluding hydrogens is 392 g/mol. The van der Waals surface area contributed by atoms with Gasteiger partial charge < -0.3 is 9.64 Å². The van der Waals surface area contributed by atoms with Crippen LogP contribution in [0.25, 0.3) is 5.70 Å². The Bertz CT molecular complexity index is 719. The van der Waals surface area contributed by atoms with Gasteiger partial charge in [-0.05, 0) is 11.8 Å². The topological polar surface area (TPSA) is 12.5 Å². The van der Waals surface area contributed by atoms with Gasteiger partial charge in [0.25, 0.3) is 6.43 Å². The van der Waals surface area contributed by atoms with E-state index >= 15 is 0 Å². The van der Waals surface area contributed by atoms with Crippen LogP contribution in [0, 0.1) is 24.2 Å². The van der Waals surface area contributed by atoms with Crippen LogP contribution in [-0.4, -0.2) is 24.5 Å². The summed E-state index contributed by atoms with van der Waals surface area (Å²) in [4.78, 5) is 1.26. The molecule has 1 aromatic carbocycles. The van der Waals surface area contributed by atoms with Crippen molar-refractivity contribution >= 4 is 5.70 Å². The summed E-state index contributed by atoms with van der Waals surface area (Å²) in [5.41, 5.74) is 1.44. The van der Waals surface area contributed by atoms with Crippen LogP contribution in [0.2, 0.25) is 0 Å². The summed E-state index contributed by atoms with van der Waals surface area (Å²) in [5, 5.41) is 0. The molecule has 123 valence electrons. The zero-order chi connectivity index (χ0) is 17.0. The van der Waals surface area contributed by atoms with Gasteiger partial charge in [0.1, 0.15) is 12.4 Å². The number of allylic oxidation sites excluding steroid dienone is 3. The molecule has 2 nitrogen and oxygen atoms in total. The second-order valence-corrected chi connectivity index (χ2v) is 4.90. The van der Waals surface area contributed by atoms with Crippen molar-refractivity contribution in [2.45, 2.75) is 13.3 Å². The van der Waals surface area contributed by atoms with E-state index in [2.05, 4.69) is 18.6 Å². The predicted molar refractivity (Wildman–Crippen MR) is 83.0 cm³/mol. The third-order valence-electron chi connectivity index (χ3n) is 3.31. The van der Waals surface area contributed by atoms with Gasteiger partial charge in [-0.25, -0.2) is 13.2 Å². The van der Waals surface area contributed by atoms with E-state index in [-0.39, 0.29) is 56.3 Å². The Morgan fingerprint density at radius 2 is 2.12 bits per heavy atom. The van der Waals surface area contributed by atoms with E-state index in [0.717, 1.165) is 6.07 Å². The van der Waals surface area contributed by atoms with Gasteiger partial charge in [-0.2, -0.15) is 12.2 Å². The van der Waals surface area contributed by atoms with Gasteiger partial charge >= 0.3 is 0 Å². The van der Waals surface area contributed by atoms with Crippen molar-refractivity contribution < 1.29 is 50.6 Å². The summed E-state index contributed by atoms with van der Waals surface area (Å²) in [7, 11) is 0. The number of hydrogen-bond donors (Lipinski definition) is 0. The van der Waals surface area contributed by atoms with Crippen LogP contribution in [0.1, 0.15) is 12.5 Å². The monoisotopic (exact) mass is 407 g/mol. The van der Waals surface area contributed by atoms with Gasteiger partial charge in [-0.1, -0.05) is 30.7 Å². The van der Waals surface area contributed by atoms with E-state index in [0.29, 0.717) is 11.3 Å². The van der Waals surface area contributed by atoms with Crippen molar-refractivity contribution in [3.05, 3.63) is 59.6 Å². The Morgan fingerprint density at radius 3 is 2.71 bits per heavy atom. The molecule has 0 N–H and O–H groups in total. The van der Waals surface area contributed by atoms with Gasteiger partial charge in [-0.3, -0.25) is 0 Å². The summed E-state index contributed by atoms with van der Waals surface area (Å²) in [5.74, 6) is 1.94. The maximum Gasteiger partial charge on any atom is 0.256 e. The van der Waals surface area contributed by atoms with Gasteiger partial charge in [0.2, 0.25) is 0 Å². The number of terminal acetylenes is 1. The molecule has 0 saturated heterocycles. The molecule has 0 saturated carbocycles. The van der Waals surface area contributed by atoms with Crippen molar-refractivity contribution in [3.63, 3.8) is 0 Å². The summed E-state index contributed by atoms with van der Waals surface area (Å²) in [6.45, 7) is 4.96. The molecule has 1 radical (unpaired) electrons. The largest absolute Gasteiger partial charge is 0.481 e. The molecule has 1 aliphatic rings. The normalized spacial score (nSPS) is 13.8. The van der Waals surface area contributed by atoms with Gasteiger partial charge in [0.05, 0.1) is 12.4 Å². The Morgan fingerprint density at radius 1 is 1.42 bits per heavy atom. The molecule has 1 aliphatic heterocycles. The number of alkyl halides is 2. The number of hydrogen-bond acceptors (Lipinski definition) is 2. The molecule has 0 aliphatic carbocycles. The number of ether oxygens (including phenoxy) is 1. The molecular formula is C18H15F3NOY-. The van der Waals surface area contributed by atoms with Crippen molar-refractivity contribution in [2.75, 3.05) is 13.2 Å². The minimum atomic E-state index is -2.59. The van der Waals surface area contributed by atoms with Crippen LogP contribution in [0.15, 0.2) is 42.1 Å². The minimum Gasteiger partial charge on any atom is -0.481 e. The quantitative estimate of drug-likeness (QED) is 0.540. The third kappa shape index (κ3) is 4.75. The molecule has 0 aromatic heterocycles. The third-order valence-corrected chi connectivity index (χ3v) is 3.31. The Hall–Kier alpha value is -1.51. The first-order chi connectivity index (χ1) is 10.9. The maximum atomic E-state index is 14.3. The molecule has 0 spiro atoms. The summed E-state index contributed by atoms with van der Waals surface area (Å²) in [6.07, 6.45) is 6.94. The maximum absolute atomic E-state index is 14.3. The van der Waals surface area contributed by atoms with E-state index in [1.54, 1.807) is 13.0 Å². The van der Waals surface area contributed by atoms with Crippen molar-refractivity contribution in [3.8, 4) is 18.1 Å². The summed E-state index contributed by atoms with van der Waals surface area (Å²) < 4.78 is 45.2. The first-order valence-electron chi connectivity index (χ1n) is 6.85. The van der Waals surface area contributed by atoms with Crippen molar-refractivity contribution in [1.29, 1.82) is 0 Å². The van der Waals surface area contributed by atoms with E-state index < -0.39 is 18.8 Å². The molecule has 0 unspecified atom stereocenters. The van der Waals surface area contributed by atoms with Crippen LogP contribution in [0.5, 0.6) is 5.75 Å². The first-order valence-corrected chi connectivity index (χ1v) is 6.85. The number of nitrogens with zero attached hydrogens (tertiary/aromatic N) is 1. The van der Waals surface area contributed by atoms with Crippen LogP contribution in [-0.2, 0) is 32.7 Å². The van der Waals surface area contributed by atoms with Gasteiger partial charge in [-0.15, -0.1) is 18.1 Å². The second-order valence-electron chi connectivity index (χ2n) is 4.90. The molecule has 24 heavy (non-hydrogen) atoms. The smallest absolute Gasteiger partial charge is 0.256 e. The van der Waals surface area contributed by atoms with Crippen molar-refractivity contribution in [2.24, 2.45) is 0 Å². The average molecular weight is 407 g/mol. The SMILES string of the molecule is C#CCOc1ccc(C2=[C-]C=C(C)C(=C)N2CC(F)F)c(F)c1.[Y]. The average Bonchev–Trinajstić information content (AvgIpc) is 2.50. The molecule has 2 rings (SSSR count). The van der Waals surface area contributed by atoms with Crippen LogP contribution < -0.4 is 4.74 Å². The Labute approximate surface area is 164 Å². The number of halogens is 3. The zero-order valence-corrected chi connectivity index (χ0v) is 16.0. The fraction of sp³-hybridized carbons (Fsp3) is 0.222. The van der Waals surface area contributed by atoms with Gasteiger partial charge in [0, 0.05) is 38.8 Å². The van der Waals surface area contributed by atoms with Crippen LogP contribution in [0.3, 0.4) is 0 Å². The fourth-order valence-electron chi connectivity index (χ4n) is 2.15.